The van der Waals surface area contributed by atoms with Gasteiger partial charge in [-0.2, -0.15) is 0 Å². The van der Waals surface area contributed by atoms with Gasteiger partial charge in [0.1, 0.15) is 28.8 Å². The molecule has 0 fully saturated rings. The first-order valence-corrected chi connectivity index (χ1v) is 11.4. The maximum absolute atomic E-state index is 12.6. The average Bonchev–Trinajstić information content (AvgIpc) is 3.16. The zero-order valence-corrected chi connectivity index (χ0v) is 18.7. The number of aromatic amines is 1. The first-order chi connectivity index (χ1) is 15.0. The molecule has 31 heavy (non-hydrogen) atoms. The van der Waals surface area contributed by atoms with Crippen molar-refractivity contribution in [2.45, 2.75) is 38.5 Å². The number of benzene rings is 1. The minimum atomic E-state index is -0.0758. The smallest absolute Gasteiger partial charge is 0.259 e. The van der Waals surface area contributed by atoms with Gasteiger partial charge in [-0.3, -0.25) is 9.59 Å². The molecule has 164 valence electrons. The molecule has 1 aromatic carbocycles. The number of carbonyl (C=O) groups is 1. The summed E-state index contributed by atoms with van der Waals surface area (Å²) in [6, 6.07) is 7.33. The number of carbonyl (C=O) groups excluding carboxylic acids is 1. The Morgan fingerprint density at radius 1 is 1.19 bits per heavy atom. The van der Waals surface area contributed by atoms with Gasteiger partial charge in [-0.1, -0.05) is 0 Å². The van der Waals surface area contributed by atoms with Crippen molar-refractivity contribution < 1.29 is 14.3 Å². The number of H-pyrrole nitrogens is 1. The van der Waals surface area contributed by atoms with Gasteiger partial charge < -0.3 is 19.4 Å². The number of likely N-dealkylation sites (N-methyl/N-ethyl adjacent to an activating group) is 1. The predicted molar refractivity (Wildman–Crippen MR) is 121 cm³/mol. The van der Waals surface area contributed by atoms with Crippen LogP contribution in [0.15, 0.2) is 29.1 Å². The number of methoxy groups -OCH3 is 1. The van der Waals surface area contributed by atoms with E-state index in [-0.39, 0.29) is 11.5 Å². The molecule has 1 N–H and O–H groups in total. The molecule has 0 saturated carbocycles. The van der Waals surface area contributed by atoms with Crippen molar-refractivity contribution >= 4 is 27.5 Å². The third kappa shape index (κ3) is 4.90. The van der Waals surface area contributed by atoms with Gasteiger partial charge in [0.2, 0.25) is 5.91 Å². The molecule has 0 aliphatic heterocycles. The summed E-state index contributed by atoms with van der Waals surface area (Å²) < 4.78 is 10.8. The summed E-state index contributed by atoms with van der Waals surface area (Å²) >= 11 is 1.63. The van der Waals surface area contributed by atoms with E-state index in [9.17, 15) is 9.59 Å². The molecule has 0 unspecified atom stereocenters. The summed E-state index contributed by atoms with van der Waals surface area (Å²) in [6.07, 6.45) is 5.00. The molecule has 3 aromatic rings. The molecule has 0 bridgehead atoms. The third-order valence-electron chi connectivity index (χ3n) is 5.63. The largest absolute Gasteiger partial charge is 0.497 e. The molecule has 0 radical (unpaired) electrons. The topological polar surface area (TPSA) is 84.5 Å². The van der Waals surface area contributed by atoms with E-state index in [0.717, 1.165) is 41.0 Å². The second-order valence-corrected chi connectivity index (χ2v) is 8.83. The van der Waals surface area contributed by atoms with E-state index in [4.69, 9.17) is 9.47 Å². The Morgan fingerprint density at radius 2 is 1.94 bits per heavy atom. The maximum Gasteiger partial charge on any atom is 0.259 e. The van der Waals surface area contributed by atoms with Crippen LogP contribution in [0.5, 0.6) is 11.5 Å². The lowest BCUT2D eigenvalue weighted by molar-refractivity contribution is -0.130. The molecule has 1 aliphatic rings. The maximum atomic E-state index is 12.6. The van der Waals surface area contributed by atoms with Gasteiger partial charge in [0.25, 0.3) is 5.56 Å². The fraction of sp³-hybridized carbons (Fsp3) is 0.435. The lowest BCUT2D eigenvalue weighted by atomic mass is 9.97. The lowest BCUT2D eigenvalue weighted by Crippen LogP contribution is -2.31. The molecule has 0 spiro atoms. The van der Waals surface area contributed by atoms with Crippen molar-refractivity contribution in [2.24, 2.45) is 0 Å². The number of amides is 1. The second-order valence-electron chi connectivity index (χ2n) is 7.74. The number of ether oxygens (including phenoxy) is 2. The Kier molecular flexibility index (Phi) is 6.56. The normalized spacial score (nSPS) is 13.1. The molecule has 2 heterocycles. The van der Waals surface area contributed by atoms with E-state index in [0.29, 0.717) is 31.8 Å². The van der Waals surface area contributed by atoms with E-state index in [2.05, 4.69) is 9.97 Å². The Bertz CT molecular complexity index is 1120. The molecule has 4 rings (SSSR count). The standard InChI is InChI=1S/C23H27N3O4S/c1-26(13-14-30-16-9-7-15(29-2)8-10-16)20(27)12-11-19-24-22(28)21-17-5-3-4-6-18(17)31-23(21)25-19/h7-10H,3-6,11-14H2,1-2H3,(H,24,25,28). The Balaban J connectivity index is 1.30. The van der Waals surface area contributed by atoms with E-state index >= 15 is 0 Å². The molecule has 2 aromatic heterocycles. The summed E-state index contributed by atoms with van der Waals surface area (Å²) in [6.45, 7) is 0.877. The highest BCUT2D eigenvalue weighted by Crippen LogP contribution is 2.33. The lowest BCUT2D eigenvalue weighted by Gasteiger charge is -2.17. The van der Waals surface area contributed by atoms with Crippen LogP contribution in [-0.4, -0.2) is 48.1 Å². The Morgan fingerprint density at radius 3 is 2.71 bits per heavy atom. The number of aryl methyl sites for hydroxylation is 3. The molecular weight excluding hydrogens is 414 g/mol. The summed E-state index contributed by atoms with van der Waals surface area (Å²) in [5.41, 5.74) is 1.10. The fourth-order valence-corrected chi connectivity index (χ4v) is 5.12. The van der Waals surface area contributed by atoms with E-state index < -0.39 is 0 Å². The van der Waals surface area contributed by atoms with Gasteiger partial charge in [0.05, 0.1) is 19.0 Å². The highest BCUT2D eigenvalue weighted by Gasteiger charge is 2.20. The molecule has 1 aliphatic carbocycles. The van der Waals surface area contributed by atoms with E-state index in [1.807, 2.05) is 24.3 Å². The number of nitrogens with zero attached hydrogens (tertiary/aromatic N) is 2. The van der Waals surface area contributed by atoms with Crippen molar-refractivity contribution in [3.05, 3.63) is 50.9 Å². The monoisotopic (exact) mass is 441 g/mol. The van der Waals surface area contributed by atoms with Gasteiger partial charge in [-0.05, 0) is 55.5 Å². The first kappa shape index (κ1) is 21.4. The Hall–Kier alpha value is -2.87. The molecule has 1 amide bonds. The van der Waals surface area contributed by atoms with Crippen LogP contribution in [0.2, 0.25) is 0 Å². The molecule has 0 saturated heterocycles. The van der Waals surface area contributed by atoms with Gasteiger partial charge >= 0.3 is 0 Å². The number of hydrogen-bond acceptors (Lipinski definition) is 6. The van der Waals surface area contributed by atoms with Gasteiger partial charge in [-0.25, -0.2) is 4.98 Å². The first-order valence-electron chi connectivity index (χ1n) is 10.6. The fourth-order valence-electron chi connectivity index (χ4n) is 3.84. The van der Waals surface area contributed by atoms with Crippen molar-refractivity contribution in [2.75, 3.05) is 27.3 Å². The van der Waals surface area contributed by atoms with Crippen molar-refractivity contribution in [3.8, 4) is 11.5 Å². The average molecular weight is 442 g/mol. The number of nitrogens with one attached hydrogen (secondary N) is 1. The SMILES string of the molecule is COc1ccc(OCCN(C)C(=O)CCc2nc3sc4c(c3c(=O)[nH]2)CCCC4)cc1. The number of fused-ring (bicyclic) bond motifs is 3. The highest BCUT2D eigenvalue weighted by molar-refractivity contribution is 7.18. The van der Waals surface area contributed by atoms with Gasteiger partial charge in [-0.15, -0.1) is 11.3 Å². The zero-order valence-electron chi connectivity index (χ0n) is 17.9. The minimum absolute atomic E-state index is 0.00782. The van der Waals surface area contributed by atoms with Crippen LogP contribution in [0.1, 0.15) is 35.5 Å². The number of thiophene rings is 1. The van der Waals surface area contributed by atoms with Crippen molar-refractivity contribution in [1.29, 1.82) is 0 Å². The van der Waals surface area contributed by atoms with Crippen molar-refractivity contribution in [3.63, 3.8) is 0 Å². The van der Waals surface area contributed by atoms with Crippen LogP contribution in [0, 0.1) is 0 Å². The molecule has 0 atom stereocenters. The Labute approximate surface area is 185 Å². The van der Waals surface area contributed by atoms with Crippen LogP contribution in [0.3, 0.4) is 0 Å². The summed E-state index contributed by atoms with van der Waals surface area (Å²) in [5.74, 6) is 2.07. The molecule has 8 heteroatoms. The summed E-state index contributed by atoms with van der Waals surface area (Å²) in [7, 11) is 3.37. The number of rotatable bonds is 8. The molecule has 7 nitrogen and oxygen atoms in total. The van der Waals surface area contributed by atoms with E-state index in [1.165, 1.54) is 16.9 Å². The van der Waals surface area contributed by atoms with E-state index in [1.54, 1.807) is 30.4 Å². The van der Waals surface area contributed by atoms with Crippen LogP contribution in [0.25, 0.3) is 10.2 Å². The van der Waals surface area contributed by atoms with Crippen LogP contribution >= 0.6 is 11.3 Å². The van der Waals surface area contributed by atoms with Crippen LogP contribution in [-0.2, 0) is 24.1 Å². The van der Waals surface area contributed by atoms with Crippen LogP contribution in [0.4, 0.5) is 0 Å². The minimum Gasteiger partial charge on any atom is -0.497 e. The van der Waals surface area contributed by atoms with Crippen molar-refractivity contribution in [1.82, 2.24) is 14.9 Å². The third-order valence-corrected chi connectivity index (χ3v) is 6.82. The number of hydrogen-bond donors (Lipinski definition) is 1. The molecular formula is C23H27N3O4S. The van der Waals surface area contributed by atoms with Gasteiger partial charge in [0, 0.05) is 24.8 Å². The second kappa shape index (κ2) is 9.51. The number of aromatic nitrogens is 2. The quantitative estimate of drug-likeness (QED) is 0.580. The zero-order chi connectivity index (χ0) is 21.8. The predicted octanol–water partition coefficient (Wildman–Crippen LogP) is 3.34. The van der Waals surface area contributed by atoms with Gasteiger partial charge in [0.15, 0.2) is 0 Å². The highest BCUT2D eigenvalue weighted by atomic mass is 32.1. The summed E-state index contributed by atoms with van der Waals surface area (Å²) in [5, 5.41) is 0.752. The van der Waals surface area contributed by atoms with Crippen LogP contribution < -0.4 is 15.0 Å². The summed E-state index contributed by atoms with van der Waals surface area (Å²) in [4.78, 5) is 36.4.